The number of nitrogens with zero attached hydrogens (tertiary/aromatic N) is 3. The standard InChI is InChI=1S/C32H38F3N6O3Si/c1-20-17-41(30(2,3)4)13-11-31(20,45)39-29(43)23-14-21(15-25-27(23)38-19-40(25)18-32(33,34)35)8-7-12-37-24-10-9-22(28(42)36-5)16-26(24)44-6/h9-10,14-16,19-20,37H,11-13,17-18H2,1-6H3,(H,36,42)(H,39,43)/t20-,31-/m0/s1. The number of alkyl halides is 3. The number of fused-ring (bicyclic) bond motifs is 1. The summed E-state index contributed by atoms with van der Waals surface area (Å²) in [6.07, 6.45) is -2.75. The first-order valence-electron chi connectivity index (χ1n) is 14.6. The number of imidazole rings is 1. The second-order valence-corrected chi connectivity index (χ2v) is 13.1. The van der Waals surface area contributed by atoms with Gasteiger partial charge in [-0.25, -0.2) is 4.98 Å². The van der Waals surface area contributed by atoms with Gasteiger partial charge in [0.1, 0.15) is 17.8 Å². The van der Waals surface area contributed by atoms with Crippen molar-refractivity contribution in [1.82, 2.24) is 25.1 Å². The molecule has 1 aliphatic heterocycles. The number of aromatic nitrogens is 2. The average molecular weight is 640 g/mol. The summed E-state index contributed by atoms with van der Waals surface area (Å²) >= 11 is 0. The molecule has 239 valence electrons. The maximum absolute atomic E-state index is 13.8. The van der Waals surface area contributed by atoms with Gasteiger partial charge < -0.3 is 25.3 Å². The fourth-order valence-electron chi connectivity index (χ4n) is 5.34. The van der Waals surface area contributed by atoms with E-state index in [1.54, 1.807) is 24.3 Å². The smallest absolute Gasteiger partial charge is 0.406 e. The number of nitrogens with one attached hydrogen (secondary N) is 3. The molecule has 13 heteroatoms. The number of hydrogen-bond acceptors (Lipinski definition) is 6. The molecule has 1 aromatic heterocycles. The van der Waals surface area contributed by atoms with Crippen molar-refractivity contribution in [3.63, 3.8) is 0 Å². The van der Waals surface area contributed by atoms with Crippen LogP contribution in [0.2, 0.25) is 0 Å². The third-order valence-electron chi connectivity index (χ3n) is 8.01. The molecule has 0 unspecified atom stereocenters. The van der Waals surface area contributed by atoms with Gasteiger partial charge in [-0.2, -0.15) is 13.2 Å². The second kappa shape index (κ2) is 13.1. The van der Waals surface area contributed by atoms with Crippen molar-refractivity contribution < 1.29 is 27.5 Å². The van der Waals surface area contributed by atoms with E-state index in [4.69, 9.17) is 4.74 Å². The van der Waals surface area contributed by atoms with Gasteiger partial charge in [0, 0.05) is 42.0 Å². The molecule has 1 saturated heterocycles. The van der Waals surface area contributed by atoms with Crippen molar-refractivity contribution in [2.24, 2.45) is 5.92 Å². The Hall–Kier alpha value is -4.02. The normalized spacial score (nSPS) is 19.0. The molecule has 1 fully saturated rings. The van der Waals surface area contributed by atoms with Gasteiger partial charge in [-0.05, 0) is 63.4 Å². The number of hydrogen-bond donors (Lipinski definition) is 3. The summed E-state index contributed by atoms with van der Waals surface area (Å²) in [7, 11) is 6.87. The van der Waals surface area contributed by atoms with Crippen LogP contribution in [0, 0.1) is 17.8 Å². The van der Waals surface area contributed by atoms with Gasteiger partial charge in [0.05, 0.1) is 47.0 Å². The van der Waals surface area contributed by atoms with Gasteiger partial charge >= 0.3 is 6.18 Å². The number of amides is 2. The zero-order valence-electron chi connectivity index (χ0n) is 26.3. The van der Waals surface area contributed by atoms with E-state index < -0.39 is 23.8 Å². The Bertz CT molecular complexity index is 1640. The van der Waals surface area contributed by atoms with Gasteiger partial charge in [-0.15, -0.1) is 0 Å². The number of halogens is 3. The van der Waals surface area contributed by atoms with E-state index in [-0.39, 0.29) is 40.5 Å². The third-order valence-corrected chi connectivity index (χ3v) is 8.88. The summed E-state index contributed by atoms with van der Waals surface area (Å²) in [5.41, 5.74) is 1.83. The minimum Gasteiger partial charge on any atom is -0.495 e. The maximum Gasteiger partial charge on any atom is 0.406 e. The number of piperidine rings is 1. The topological polar surface area (TPSA) is 101 Å². The molecule has 0 bridgehead atoms. The minimum absolute atomic E-state index is 0.0225. The van der Waals surface area contributed by atoms with Crippen LogP contribution in [-0.2, 0) is 6.54 Å². The van der Waals surface area contributed by atoms with E-state index in [1.165, 1.54) is 20.2 Å². The fourth-order valence-corrected chi connectivity index (χ4v) is 5.65. The highest BCUT2D eigenvalue weighted by Crippen LogP contribution is 2.31. The summed E-state index contributed by atoms with van der Waals surface area (Å²) in [4.78, 5) is 32.3. The summed E-state index contributed by atoms with van der Waals surface area (Å²) in [6.45, 7) is 8.90. The van der Waals surface area contributed by atoms with Gasteiger partial charge in [-0.3, -0.25) is 14.5 Å². The molecule has 9 nitrogen and oxygen atoms in total. The molecule has 45 heavy (non-hydrogen) atoms. The number of carbonyl (C=O) groups excluding carboxylic acids is 2. The molecule has 3 radical (unpaired) electrons. The Kier molecular flexibility index (Phi) is 9.89. The first kappa shape index (κ1) is 33.9. The van der Waals surface area contributed by atoms with E-state index in [0.29, 0.717) is 29.0 Å². The summed E-state index contributed by atoms with van der Waals surface area (Å²) in [5, 5.41) is 8.07. The monoisotopic (exact) mass is 639 g/mol. The van der Waals surface area contributed by atoms with Crippen LogP contribution in [0.4, 0.5) is 18.9 Å². The summed E-state index contributed by atoms with van der Waals surface area (Å²) < 4.78 is 46.5. The number of likely N-dealkylation sites (tertiary alicyclic amines) is 1. The highest BCUT2D eigenvalue weighted by atomic mass is 28.1. The highest BCUT2D eigenvalue weighted by molar-refractivity contribution is 6.18. The number of methoxy groups -OCH3 is 1. The number of anilines is 1. The summed E-state index contributed by atoms with van der Waals surface area (Å²) in [6, 6.07) is 7.99. The number of rotatable bonds is 7. The Labute approximate surface area is 264 Å². The lowest BCUT2D eigenvalue weighted by Gasteiger charge is -2.49. The van der Waals surface area contributed by atoms with Crippen molar-refractivity contribution >= 4 is 38.8 Å². The highest BCUT2D eigenvalue weighted by Gasteiger charge is 2.41. The molecule has 3 N–H and O–H groups in total. The number of benzene rings is 2. The molecular formula is C32H38F3N6O3Si. The lowest BCUT2D eigenvalue weighted by atomic mass is 9.89. The minimum atomic E-state index is -4.48. The van der Waals surface area contributed by atoms with Crippen molar-refractivity contribution in [2.45, 2.75) is 57.5 Å². The Morgan fingerprint density at radius 2 is 1.91 bits per heavy atom. The van der Waals surface area contributed by atoms with Crippen LogP contribution in [0.5, 0.6) is 5.75 Å². The molecule has 2 heterocycles. The van der Waals surface area contributed by atoms with E-state index in [1.807, 2.05) is 0 Å². The molecule has 0 spiro atoms. The average Bonchev–Trinajstić information content (AvgIpc) is 3.36. The predicted octanol–water partition coefficient (Wildman–Crippen LogP) is 4.17. The molecule has 1 aliphatic rings. The Morgan fingerprint density at radius 3 is 2.53 bits per heavy atom. The van der Waals surface area contributed by atoms with E-state index in [2.05, 4.69) is 75.6 Å². The van der Waals surface area contributed by atoms with Crippen molar-refractivity contribution in [3.8, 4) is 17.6 Å². The van der Waals surface area contributed by atoms with Crippen LogP contribution < -0.4 is 20.7 Å². The van der Waals surface area contributed by atoms with Crippen molar-refractivity contribution in [3.05, 3.63) is 53.3 Å². The molecular weight excluding hydrogens is 601 g/mol. The van der Waals surface area contributed by atoms with Crippen LogP contribution >= 0.6 is 0 Å². The first-order chi connectivity index (χ1) is 21.0. The fraction of sp³-hybridized carbons (Fsp3) is 0.469. The lowest BCUT2D eigenvalue weighted by molar-refractivity contribution is -0.139. The zero-order chi connectivity index (χ0) is 33.2. The van der Waals surface area contributed by atoms with E-state index in [0.717, 1.165) is 24.0 Å². The SMILES string of the molecule is CNC(=O)c1ccc(NCC#Cc2cc(C(=O)N[C@]3([Si])CCN(C(C)(C)C)C[C@@H]3C)c3ncn(CC(F)(F)F)c3c2)c(OC)c1. The van der Waals surface area contributed by atoms with Crippen LogP contribution in [0.3, 0.4) is 0 Å². The Balaban J connectivity index is 1.61. The molecule has 0 aliphatic carbocycles. The molecule has 4 rings (SSSR count). The largest absolute Gasteiger partial charge is 0.495 e. The van der Waals surface area contributed by atoms with Crippen molar-refractivity contribution in [1.29, 1.82) is 0 Å². The predicted molar refractivity (Wildman–Crippen MR) is 169 cm³/mol. The van der Waals surface area contributed by atoms with E-state index in [9.17, 15) is 22.8 Å². The zero-order valence-corrected chi connectivity index (χ0v) is 27.3. The van der Waals surface area contributed by atoms with Gasteiger partial charge in [0.2, 0.25) is 0 Å². The van der Waals surface area contributed by atoms with E-state index >= 15 is 0 Å². The van der Waals surface area contributed by atoms with Crippen LogP contribution in [-0.4, -0.2) is 87.2 Å². The molecule has 2 atom stereocenters. The second-order valence-electron chi connectivity index (χ2n) is 12.2. The molecule has 3 aromatic rings. The summed E-state index contributed by atoms with van der Waals surface area (Å²) in [5.74, 6) is 5.71. The van der Waals surface area contributed by atoms with Gasteiger partial charge in [0.25, 0.3) is 11.8 Å². The van der Waals surface area contributed by atoms with Crippen molar-refractivity contribution in [2.75, 3.05) is 39.1 Å². The van der Waals surface area contributed by atoms with Gasteiger partial charge in [-0.1, -0.05) is 18.8 Å². The number of carbonyl (C=O) groups is 2. The maximum atomic E-state index is 13.8. The molecule has 0 saturated carbocycles. The quantitative estimate of drug-likeness (QED) is 0.265. The lowest BCUT2D eigenvalue weighted by Crippen LogP contribution is -2.63. The van der Waals surface area contributed by atoms with Gasteiger partial charge in [0.15, 0.2) is 0 Å². The third kappa shape index (κ3) is 7.98. The Morgan fingerprint density at radius 1 is 1.18 bits per heavy atom. The van der Waals surface area contributed by atoms with Crippen LogP contribution in [0.25, 0.3) is 11.0 Å². The number of ether oxygens (including phenoxy) is 1. The van der Waals surface area contributed by atoms with Crippen LogP contribution in [0.1, 0.15) is 60.4 Å². The van der Waals surface area contributed by atoms with Crippen LogP contribution in [0.15, 0.2) is 36.7 Å². The first-order valence-corrected chi connectivity index (χ1v) is 15.1. The molecule has 2 aromatic carbocycles. The molecule has 2 amide bonds.